The third-order valence-corrected chi connectivity index (χ3v) is 3.42. The maximum absolute atomic E-state index is 11.9. The van der Waals surface area contributed by atoms with Gasteiger partial charge in [0.25, 0.3) is 0 Å². The summed E-state index contributed by atoms with van der Waals surface area (Å²) in [5.74, 6) is 0.818. The summed E-state index contributed by atoms with van der Waals surface area (Å²) in [6.07, 6.45) is 2.72. The summed E-state index contributed by atoms with van der Waals surface area (Å²) < 4.78 is 15.9. The number of benzene rings is 1. The molecule has 0 aliphatic heterocycles. The Labute approximate surface area is 118 Å². The van der Waals surface area contributed by atoms with Crippen LogP contribution in [0.3, 0.4) is 0 Å². The molecule has 0 saturated carbocycles. The maximum Gasteiger partial charge on any atom is 0.316 e. The van der Waals surface area contributed by atoms with Crippen molar-refractivity contribution in [2.45, 2.75) is 32.1 Å². The third kappa shape index (κ3) is 2.95. The highest BCUT2D eigenvalue weighted by Crippen LogP contribution is 2.31. The average molecular weight is 276 g/mol. The molecule has 0 spiro atoms. The maximum atomic E-state index is 11.9. The predicted molar refractivity (Wildman–Crippen MR) is 77.0 cm³/mol. The molecule has 0 amide bonds. The number of furan rings is 1. The second-order valence-corrected chi connectivity index (χ2v) is 4.77. The Morgan fingerprint density at radius 2 is 2.10 bits per heavy atom. The topological polar surface area (TPSA) is 48.7 Å². The largest absolute Gasteiger partial charge is 0.497 e. The molecule has 1 heterocycles. The van der Waals surface area contributed by atoms with Crippen molar-refractivity contribution in [3.63, 3.8) is 0 Å². The zero-order valence-corrected chi connectivity index (χ0v) is 12.1. The Balaban J connectivity index is 2.34. The predicted octanol–water partition coefficient (Wildman–Crippen LogP) is 3.89. The third-order valence-electron chi connectivity index (χ3n) is 3.42. The van der Waals surface area contributed by atoms with E-state index in [2.05, 4.69) is 6.92 Å². The molecule has 2 rings (SSSR count). The average Bonchev–Trinajstić information content (AvgIpc) is 2.89. The summed E-state index contributed by atoms with van der Waals surface area (Å²) in [6, 6.07) is 7.54. The molecule has 108 valence electrons. The molecule has 0 saturated heterocycles. The van der Waals surface area contributed by atoms with Gasteiger partial charge in [0, 0.05) is 11.5 Å². The smallest absolute Gasteiger partial charge is 0.316 e. The Morgan fingerprint density at radius 1 is 1.30 bits per heavy atom. The molecule has 4 nitrogen and oxygen atoms in total. The van der Waals surface area contributed by atoms with E-state index in [1.54, 1.807) is 7.11 Å². The van der Waals surface area contributed by atoms with Crippen LogP contribution < -0.4 is 4.74 Å². The normalized spacial score (nSPS) is 12.3. The van der Waals surface area contributed by atoms with Crippen LogP contribution in [0.2, 0.25) is 0 Å². The standard InChI is InChI=1S/C16H20O4/c1-4-5-6-13(16(17)19-3)15-9-11-7-8-12(18-2)10-14(11)20-15/h7-10,13H,4-6H2,1-3H3. The molecule has 20 heavy (non-hydrogen) atoms. The van der Waals surface area contributed by atoms with Gasteiger partial charge in [-0.2, -0.15) is 0 Å². The molecule has 4 heteroatoms. The van der Waals surface area contributed by atoms with E-state index in [1.165, 1.54) is 7.11 Å². The summed E-state index contributed by atoms with van der Waals surface area (Å²) in [4.78, 5) is 11.9. The molecule has 2 aromatic rings. The van der Waals surface area contributed by atoms with Crippen LogP contribution in [-0.2, 0) is 9.53 Å². The fraction of sp³-hybridized carbons (Fsp3) is 0.438. The second kappa shape index (κ2) is 6.46. The van der Waals surface area contributed by atoms with Gasteiger partial charge in [-0.1, -0.05) is 19.8 Å². The van der Waals surface area contributed by atoms with Crippen molar-refractivity contribution < 1.29 is 18.7 Å². The zero-order valence-electron chi connectivity index (χ0n) is 12.1. The molecule has 0 aliphatic rings. The first-order valence-corrected chi connectivity index (χ1v) is 6.85. The molecular weight excluding hydrogens is 256 g/mol. The van der Waals surface area contributed by atoms with Gasteiger partial charge in [-0.25, -0.2) is 0 Å². The van der Waals surface area contributed by atoms with E-state index in [0.29, 0.717) is 5.76 Å². The van der Waals surface area contributed by atoms with Crippen LogP contribution in [0.5, 0.6) is 5.75 Å². The molecule has 1 unspecified atom stereocenters. The molecule has 1 aromatic heterocycles. The van der Waals surface area contributed by atoms with Gasteiger partial charge in [0.15, 0.2) is 0 Å². The summed E-state index contributed by atoms with van der Waals surface area (Å²) in [6.45, 7) is 2.10. The van der Waals surface area contributed by atoms with Crippen molar-refractivity contribution in [1.82, 2.24) is 0 Å². The van der Waals surface area contributed by atoms with E-state index in [-0.39, 0.29) is 11.9 Å². The first-order valence-electron chi connectivity index (χ1n) is 6.85. The highest BCUT2D eigenvalue weighted by molar-refractivity contribution is 5.83. The van der Waals surface area contributed by atoms with Crippen LogP contribution in [0.15, 0.2) is 28.7 Å². The minimum absolute atomic E-state index is 0.246. The molecule has 0 N–H and O–H groups in total. The van der Waals surface area contributed by atoms with Crippen molar-refractivity contribution in [2.75, 3.05) is 14.2 Å². The molecule has 0 bridgehead atoms. The van der Waals surface area contributed by atoms with Gasteiger partial charge in [0.1, 0.15) is 23.0 Å². The highest BCUT2D eigenvalue weighted by Gasteiger charge is 2.24. The van der Waals surface area contributed by atoms with Crippen molar-refractivity contribution in [3.8, 4) is 5.75 Å². The number of carbonyl (C=O) groups is 1. The molecular formula is C16H20O4. The first kappa shape index (κ1) is 14.4. The number of esters is 1. The summed E-state index contributed by atoms with van der Waals surface area (Å²) in [5, 5.41) is 0.964. The number of hydrogen-bond donors (Lipinski definition) is 0. The van der Waals surface area contributed by atoms with Crippen LogP contribution in [0.25, 0.3) is 11.0 Å². The molecule has 1 aromatic carbocycles. The SMILES string of the molecule is CCCCC(C(=O)OC)c1cc2ccc(OC)cc2o1. The summed E-state index contributed by atoms with van der Waals surface area (Å²) >= 11 is 0. The van der Waals surface area contributed by atoms with Crippen molar-refractivity contribution >= 4 is 16.9 Å². The summed E-state index contributed by atoms with van der Waals surface area (Å²) in [7, 11) is 3.02. The van der Waals surface area contributed by atoms with Crippen molar-refractivity contribution in [3.05, 3.63) is 30.0 Å². The molecule has 0 fully saturated rings. The lowest BCUT2D eigenvalue weighted by Gasteiger charge is -2.11. The van der Waals surface area contributed by atoms with Crippen LogP contribution in [-0.4, -0.2) is 20.2 Å². The van der Waals surface area contributed by atoms with E-state index in [1.807, 2.05) is 24.3 Å². The van der Waals surface area contributed by atoms with Crippen molar-refractivity contribution in [2.24, 2.45) is 0 Å². The van der Waals surface area contributed by atoms with E-state index in [0.717, 1.165) is 36.0 Å². The quantitative estimate of drug-likeness (QED) is 0.751. The lowest BCUT2D eigenvalue weighted by atomic mass is 9.99. The van der Waals surface area contributed by atoms with Gasteiger partial charge >= 0.3 is 5.97 Å². The number of rotatable bonds is 6. The van der Waals surface area contributed by atoms with E-state index in [4.69, 9.17) is 13.9 Å². The Bertz CT molecular complexity index is 585. The fourth-order valence-electron chi connectivity index (χ4n) is 2.26. The van der Waals surface area contributed by atoms with Gasteiger partial charge in [-0.3, -0.25) is 4.79 Å². The van der Waals surface area contributed by atoms with E-state index in [9.17, 15) is 4.79 Å². The molecule has 1 atom stereocenters. The fourth-order valence-corrected chi connectivity index (χ4v) is 2.26. The number of hydrogen-bond acceptors (Lipinski definition) is 4. The van der Waals surface area contributed by atoms with Crippen LogP contribution >= 0.6 is 0 Å². The number of unbranched alkanes of at least 4 members (excludes halogenated alkanes) is 1. The number of fused-ring (bicyclic) bond motifs is 1. The van der Waals surface area contributed by atoms with Crippen molar-refractivity contribution in [1.29, 1.82) is 0 Å². The second-order valence-electron chi connectivity index (χ2n) is 4.77. The van der Waals surface area contributed by atoms with Gasteiger partial charge in [-0.15, -0.1) is 0 Å². The van der Waals surface area contributed by atoms with Gasteiger partial charge < -0.3 is 13.9 Å². The van der Waals surface area contributed by atoms with Gasteiger partial charge in [0.05, 0.1) is 14.2 Å². The highest BCUT2D eigenvalue weighted by atomic mass is 16.5. The molecule has 0 aliphatic carbocycles. The lowest BCUT2D eigenvalue weighted by molar-refractivity contribution is -0.143. The number of ether oxygens (including phenoxy) is 2. The first-order chi connectivity index (χ1) is 9.69. The van der Waals surface area contributed by atoms with Crippen LogP contribution in [0.4, 0.5) is 0 Å². The van der Waals surface area contributed by atoms with Gasteiger partial charge in [0.2, 0.25) is 0 Å². The zero-order chi connectivity index (χ0) is 14.5. The number of carbonyl (C=O) groups excluding carboxylic acids is 1. The van der Waals surface area contributed by atoms with Gasteiger partial charge in [-0.05, 0) is 24.6 Å². The minimum atomic E-state index is -0.335. The monoisotopic (exact) mass is 276 g/mol. The molecule has 0 radical (unpaired) electrons. The van der Waals surface area contributed by atoms with E-state index >= 15 is 0 Å². The van der Waals surface area contributed by atoms with Crippen LogP contribution in [0.1, 0.15) is 37.9 Å². The summed E-state index contributed by atoms with van der Waals surface area (Å²) in [5.41, 5.74) is 0.727. The van der Waals surface area contributed by atoms with E-state index < -0.39 is 0 Å². The number of methoxy groups -OCH3 is 2. The Morgan fingerprint density at radius 3 is 2.75 bits per heavy atom. The Hall–Kier alpha value is -1.97. The van der Waals surface area contributed by atoms with Crippen LogP contribution in [0, 0.1) is 0 Å². The Kier molecular flexibility index (Phi) is 4.66. The lowest BCUT2D eigenvalue weighted by Crippen LogP contribution is -2.13. The minimum Gasteiger partial charge on any atom is -0.497 e.